The third-order valence-corrected chi connectivity index (χ3v) is 4.20. The summed E-state index contributed by atoms with van der Waals surface area (Å²) in [6.07, 6.45) is 0. The van der Waals surface area contributed by atoms with Gasteiger partial charge in [0.2, 0.25) is 0 Å². The Morgan fingerprint density at radius 2 is 2.28 bits per heavy atom. The van der Waals surface area contributed by atoms with E-state index < -0.39 is 0 Å². The quantitative estimate of drug-likeness (QED) is 0.759. The average molecular weight is 265 g/mol. The Morgan fingerprint density at radius 3 is 3.06 bits per heavy atom. The number of hydrogen-bond acceptors (Lipinski definition) is 4. The van der Waals surface area contributed by atoms with Crippen molar-refractivity contribution in [2.75, 3.05) is 26.2 Å². The number of amides is 2. The van der Waals surface area contributed by atoms with Crippen LogP contribution in [0, 0.1) is 0 Å². The summed E-state index contributed by atoms with van der Waals surface area (Å²) >= 11 is 1.61. The van der Waals surface area contributed by atoms with Crippen LogP contribution in [0.5, 0.6) is 0 Å². The minimum Gasteiger partial charge on any atom is -0.328 e. The van der Waals surface area contributed by atoms with Crippen LogP contribution < -0.4 is 5.32 Å². The van der Waals surface area contributed by atoms with Crippen LogP contribution in [0.1, 0.15) is 5.56 Å². The molecule has 2 aliphatic heterocycles. The minimum atomic E-state index is -0.362. The highest BCUT2D eigenvalue weighted by Gasteiger charge is 2.39. The molecule has 1 unspecified atom stereocenters. The van der Waals surface area contributed by atoms with Gasteiger partial charge in [0.1, 0.15) is 0 Å². The van der Waals surface area contributed by atoms with Crippen molar-refractivity contribution in [2.45, 2.75) is 12.6 Å². The molecule has 1 aromatic rings. The lowest BCUT2D eigenvalue weighted by Gasteiger charge is -2.43. The first-order valence-electron chi connectivity index (χ1n) is 6.07. The smallest absolute Gasteiger partial charge is 0.312 e. The molecule has 2 amide bonds. The third-order valence-electron chi connectivity index (χ3n) is 3.47. The molecule has 1 atom stereocenters. The molecule has 0 saturated carbocycles. The van der Waals surface area contributed by atoms with Crippen molar-refractivity contribution >= 4 is 23.2 Å². The Bertz CT molecular complexity index is 460. The number of piperazine rings is 2. The van der Waals surface area contributed by atoms with Gasteiger partial charge in [0.15, 0.2) is 0 Å². The van der Waals surface area contributed by atoms with Crippen molar-refractivity contribution < 1.29 is 9.59 Å². The number of nitrogens with zero attached hydrogens (tertiary/aromatic N) is 2. The Balaban J connectivity index is 1.75. The molecule has 96 valence electrons. The first-order valence-corrected chi connectivity index (χ1v) is 7.01. The van der Waals surface area contributed by atoms with E-state index in [4.69, 9.17) is 0 Å². The summed E-state index contributed by atoms with van der Waals surface area (Å²) in [5.74, 6) is -0.706. The highest BCUT2D eigenvalue weighted by atomic mass is 32.1. The van der Waals surface area contributed by atoms with Gasteiger partial charge in [0.25, 0.3) is 0 Å². The fourth-order valence-electron chi connectivity index (χ4n) is 2.53. The van der Waals surface area contributed by atoms with Crippen LogP contribution in [-0.4, -0.2) is 53.8 Å². The molecule has 2 saturated heterocycles. The first-order chi connectivity index (χ1) is 8.75. The van der Waals surface area contributed by atoms with Crippen LogP contribution in [0.4, 0.5) is 0 Å². The van der Waals surface area contributed by atoms with E-state index in [0.717, 1.165) is 18.7 Å². The Morgan fingerprint density at radius 1 is 1.39 bits per heavy atom. The average Bonchev–Trinajstić information content (AvgIpc) is 2.89. The maximum absolute atomic E-state index is 12.0. The van der Waals surface area contributed by atoms with Crippen LogP contribution in [-0.2, 0) is 16.1 Å². The largest absolute Gasteiger partial charge is 0.328 e. The van der Waals surface area contributed by atoms with Crippen LogP contribution in [0.25, 0.3) is 0 Å². The number of thiophene rings is 1. The number of carbonyl (C=O) groups excluding carboxylic acids is 2. The first kappa shape index (κ1) is 11.7. The van der Waals surface area contributed by atoms with Crippen molar-refractivity contribution in [3.8, 4) is 0 Å². The second-order valence-electron chi connectivity index (χ2n) is 4.67. The zero-order chi connectivity index (χ0) is 12.5. The molecular weight excluding hydrogens is 250 g/mol. The molecule has 3 rings (SSSR count). The van der Waals surface area contributed by atoms with Crippen molar-refractivity contribution in [3.63, 3.8) is 0 Å². The van der Waals surface area contributed by atoms with Gasteiger partial charge in [-0.15, -0.1) is 0 Å². The standard InChI is InChI=1S/C12H15N3O2S/c16-11-12(17)15-3-2-13-5-10(15)7-14(11)6-9-1-4-18-8-9/h1,4,8,10,13H,2-3,5-7H2. The summed E-state index contributed by atoms with van der Waals surface area (Å²) in [7, 11) is 0. The van der Waals surface area contributed by atoms with E-state index in [1.54, 1.807) is 21.1 Å². The second kappa shape index (κ2) is 4.70. The molecule has 5 nitrogen and oxygen atoms in total. The van der Waals surface area contributed by atoms with Gasteiger partial charge in [-0.25, -0.2) is 0 Å². The highest BCUT2D eigenvalue weighted by Crippen LogP contribution is 2.17. The van der Waals surface area contributed by atoms with Crippen LogP contribution in [0.2, 0.25) is 0 Å². The summed E-state index contributed by atoms with van der Waals surface area (Å²) in [6.45, 7) is 3.37. The zero-order valence-corrected chi connectivity index (χ0v) is 10.8. The molecule has 6 heteroatoms. The number of nitrogens with one attached hydrogen (secondary N) is 1. The molecule has 3 heterocycles. The molecule has 1 N–H and O–H groups in total. The predicted molar refractivity (Wildman–Crippen MR) is 68.1 cm³/mol. The second-order valence-corrected chi connectivity index (χ2v) is 5.45. The summed E-state index contributed by atoms with van der Waals surface area (Å²) in [5.41, 5.74) is 1.10. The van der Waals surface area contributed by atoms with E-state index >= 15 is 0 Å². The van der Waals surface area contributed by atoms with Gasteiger partial charge in [0.05, 0.1) is 6.04 Å². The highest BCUT2D eigenvalue weighted by molar-refractivity contribution is 7.07. The summed E-state index contributed by atoms with van der Waals surface area (Å²) in [5, 5.41) is 7.27. The Hall–Kier alpha value is -1.40. The van der Waals surface area contributed by atoms with Gasteiger partial charge < -0.3 is 15.1 Å². The van der Waals surface area contributed by atoms with Gasteiger partial charge >= 0.3 is 11.8 Å². The minimum absolute atomic E-state index is 0.127. The summed E-state index contributed by atoms with van der Waals surface area (Å²) in [4.78, 5) is 27.4. The molecule has 2 aliphatic rings. The maximum Gasteiger partial charge on any atom is 0.312 e. The van der Waals surface area contributed by atoms with E-state index in [1.807, 2.05) is 16.8 Å². The topological polar surface area (TPSA) is 52.7 Å². The molecule has 18 heavy (non-hydrogen) atoms. The lowest BCUT2D eigenvalue weighted by molar-refractivity contribution is -0.160. The van der Waals surface area contributed by atoms with Crippen molar-refractivity contribution in [1.82, 2.24) is 15.1 Å². The zero-order valence-electron chi connectivity index (χ0n) is 9.96. The van der Waals surface area contributed by atoms with Crippen LogP contribution >= 0.6 is 11.3 Å². The van der Waals surface area contributed by atoms with Gasteiger partial charge in [-0.1, -0.05) is 0 Å². The molecule has 0 aliphatic carbocycles. The molecule has 2 fully saturated rings. The monoisotopic (exact) mass is 265 g/mol. The number of fused-ring (bicyclic) bond motifs is 1. The molecule has 0 bridgehead atoms. The van der Waals surface area contributed by atoms with Crippen molar-refractivity contribution in [1.29, 1.82) is 0 Å². The molecule has 0 radical (unpaired) electrons. The third kappa shape index (κ3) is 2.02. The fraction of sp³-hybridized carbons (Fsp3) is 0.500. The van der Waals surface area contributed by atoms with Crippen molar-refractivity contribution in [3.05, 3.63) is 22.4 Å². The SMILES string of the molecule is O=C1C(=O)N2CCNCC2CN1Cc1ccsc1. The van der Waals surface area contributed by atoms with E-state index in [2.05, 4.69) is 5.32 Å². The summed E-state index contributed by atoms with van der Waals surface area (Å²) < 4.78 is 0. The fourth-order valence-corrected chi connectivity index (χ4v) is 3.19. The molecular formula is C12H15N3O2S. The van der Waals surface area contributed by atoms with Crippen molar-refractivity contribution in [2.24, 2.45) is 0 Å². The van der Waals surface area contributed by atoms with Gasteiger partial charge in [-0.2, -0.15) is 11.3 Å². The maximum atomic E-state index is 12.0. The van der Waals surface area contributed by atoms with E-state index in [1.165, 1.54) is 0 Å². The Labute approximate surface area is 109 Å². The predicted octanol–water partition coefficient (Wildman–Crippen LogP) is -0.109. The van der Waals surface area contributed by atoms with Gasteiger partial charge in [-0.3, -0.25) is 9.59 Å². The molecule has 0 aromatic carbocycles. The van der Waals surface area contributed by atoms with Gasteiger partial charge in [-0.05, 0) is 22.4 Å². The van der Waals surface area contributed by atoms with Crippen LogP contribution in [0.3, 0.4) is 0 Å². The summed E-state index contributed by atoms with van der Waals surface area (Å²) in [6, 6.07) is 2.12. The lowest BCUT2D eigenvalue weighted by atomic mass is 10.1. The normalized spacial score (nSPS) is 24.3. The van der Waals surface area contributed by atoms with Crippen LogP contribution in [0.15, 0.2) is 16.8 Å². The lowest BCUT2D eigenvalue weighted by Crippen LogP contribution is -2.65. The van der Waals surface area contributed by atoms with E-state index in [0.29, 0.717) is 19.6 Å². The number of rotatable bonds is 2. The Kier molecular flexibility index (Phi) is 3.05. The van der Waals surface area contributed by atoms with E-state index in [-0.39, 0.29) is 17.9 Å². The molecule has 0 spiro atoms. The number of carbonyl (C=O) groups is 2. The van der Waals surface area contributed by atoms with Gasteiger partial charge in [0, 0.05) is 32.7 Å². The molecule has 1 aromatic heterocycles. The van der Waals surface area contributed by atoms with E-state index in [9.17, 15) is 9.59 Å². The number of hydrogen-bond donors (Lipinski definition) is 1.